The summed E-state index contributed by atoms with van der Waals surface area (Å²) >= 11 is 0. The van der Waals surface area contributed by atoms with Crippen LogP contribution in [0.2, 0.25) is 0 Å². The van der Waals surface area contributed by atoms with E-state index in [1.54, 1.807) is 4.90 Å². The van der Waals surface area contributed by atoms with Crippen molar-refractivity contribution in [3.8, 4) is 5.88 Å². The van der Waals surface area contributed by atoms with Crippen molar-refractivity contribution in [2.24, 2.45) is 0 Å². The van der Waals surface area contributed by atoms with E-state index in [9.17, 15) is 23.3 Å². The maximum atomic E-state index is 12.2. The highest BCUT2D eigenvalue weighted by atomic mass is 19.4. The molecular formula is C11H13F3N4O3. The van der Waals surface area contributed by atoms with E-state index in [1.165, 1.54) is 0 Å². The number of ether oxygens (including phenoxy) is 1. The predicted molar refractivity (Wildman–Crippen MR) is 68.3 cm³/mol. The van der Waals surface area contributed by atoms with Crippen LogP contribution in [0.25, 0.3) is 0 Å². The number of hydrogen-bond donors (Lipinski definition) is 1. The van der Waals surface area contributed by atoms with Gasteiger partial charge in [-0.25, -0.2) is 0 Å². The Bertz CT molecular complexity index is 544. The van der Waals surface area contributed by atoms with E-state index in [0.29, 0.717) is 13.1 Å². The van der Waals surface area contributed by atoms with Crippen LogP contribution in [0.15, 0.2) is 6.07 Å². The highest BCUT2D eigenvalue weighted by molar-refractivity contribution is 5.67. The van der Waals surface area contributed by atoms with Gasteiger partial charge in [0.25, 0.3) is 0 Å². The molecule has 2 rings (SSSR count). The minimum absolute atomic E-state index is 0.0103. The van der Waals surface area contributed by atoms with Crippen molar-refractivity contribution in [3.63, 3.8) is 0 Å². The average Bonchev–Trinajstić information content (AvgIpc) is 2.89. The van der Waals surface area contributed by atoms with Gasteiger partial charge in [0.2, 0.25) is 11.7 Å². The molecule has 1 fully saturated rings. The number of halogens is 3. The Morgan fingerprint density at radius 1 is 1.43 bits per heavy atom. The van der Waals surface area contributed by atoms with Crippen molar-refractivity contribution in [2.45, 2.75) is 19.0 Å². The Morgan fingerprint density at radius 2 is 2.05 bits per heavy atom. The first-order valence-electron chi connectivity index (χ1n) is 6.17. The van der Waals surface area contributed by atoms with Crippen LogP contribution in [-0.4, -0.2) is 35.8 Å². The summed E-state index contributed by atoms with van der Waals surface area (Å²) in [5.74, 6) is -0.455. The van der Waals surface area contributed by atoms with Crippen molar-refractivity contribution >= 4 is 17.2 Å². The van der Waals surface area contributed by atoms with Gasteiger partial charge < -0.3 is 15.4 Å². The maximum absolute atomic E-state index is 12.2. The molecule has 0 saturated carbocycles. The van der Waals surface area contributed by atoms with Gasteiger partial charge in [-0.3, -0.25) is 10.1 Å². The molecule has 1 aliphatic rings. The second-order valence-corrected chi connectivity index (χ2v) is 4.58. The minimum atomic E-state index is -4.54. The summed E-state index contributed by atoms with van der Waals surface area (Å²) in [5.41, 5.74) is 4.84. The summed E-state index contributed by atoms with van der Waals surface area (Å²) in [6.07, 6.45) is -2.87. The van der Waals surface area contributed by atoms with Gasteiger partial charge >= 0.3 is 11.9 Å². The Labute approximate surface area is 117 Å². The van der Waals surface area contributed by atoms with E-state index in [0.717, 1.165) is 18.9 Å². The fraction of sp³-hybridized carbons (Fsp3) is 0.545. The van der Waals surface area contributed by atoms with Crippen molar-refractivity contribution in [1.29, 1.82) is 0 Å². The molecule has 0 spiro atoms. The summed E-state index contributed by atoms with van der Waals surface area (Å²) in [4.78, 5) is 15.8. The minimum Gasteiger partial charge on any atom is -0.466 e. The number of nitro groups is 1. The molecule has 2 heterocycles. The largest absolute Gasteiger partial charge is 0.466 e. The van der Waals surface area contributed by atoms with Crippen LogP contribution in [0.4, 0.5) is 30.4 Å². The number of anilines is 2. The fourth-order valence-corrected chi connectivity index (χ4v) is 2.05. The molecule has 2 N–H and O–H groups in total. The molecule has 0 bridgehead atoms. The zero-order valence-corrected chi connectivity index (χ0v) is 10.9. The molecule has 1 aromatic heterocycles. The molecule has 21 heavy (non-hydrogen) atoms. The molecule has 0 aliphatic carbocycles. The average molecular weight is 306 g/mol. The zero-order valence-electron chi connectivity index (χ0n) is 10.9. The molecular weight excluding hydrogens is 293 g/mol. The van der Waals surface area contributed by atoms with E-state index in [-0.39, 0.29) is 17.2 Å². The second kappa shape index (κ2) is 5.62. The summed E-state index contributed by atoms with van der Waals surface area (Å²) in [6, 6.07) is 0.979. The lowest BCUT2D eigenvalue weighted by molar-refractivity contribution is -0.384. The Morgan fingerprint density at radius 3 is 2.57 bits per heavy atom. The second-order valence-electron chi connectivity index (χ2n) is 4.58. The van der Waals surface area contributed by atoms with Crippen LogP contribution >= 0.6 is 0 Å². The number of pyridine rings is 1. The van der Waals surface area contributed by atoms with Gasteiger partial charge in [0.1, 0.15) is 5.69 Å². The number of nitrogens with two attached hydrogens (primary N) is 1. The number of aromatic nitrogens is 1. The highest BCUT2D eigenvalue weighted by Crippen LogP contribution is 2.35. The van der Waals surface area contributed by atoms with Crippen LogP contribution in [-0.2, 0) is 0 Å². The smallest absolute Gasteiger partial charge is 0.422 e. The van der Waals surface area contributed by atoms with Crippen molar-refractivity contribution in [2.75, 3.05) is 30.3 Å². The lowest BCUT2D eigenvalue weighted by atomic mass is 10.3. The van der Waals surface area contributed by atoms with Gasteiger partial charge in [-0.1, -0.05) is 0 Å². The quantitative estimate of drug-likeness (QED) is 0.676. The normalized spacial score (nSPS) is 15.3. The van der Waals surface area contributed by atoms with E-state index in [1.807, 2.05) is 0 Å². The Kier molecular flexibility index (Phi) is 4.05. The van der Waals surface area contributed by atoms with Gasteiger partial charge in [-0.2, -0.15) is 18.2 Å². The molecule has 7 nitrogen and oxygen atoms in total. The van der Waals surface area contributed by atoms with Gasteiger partial charge in [-0.15, -0.1) is 0 Å². The molecule has 10 heteroatoms. The third-order valence-corrected chi connectivity index (χ3v) is 2.95. The molecule has 0 radical (unpaired) electrons. The van der Waals surface area contributed by atoms with Crippen LogP contribution in [0.1, 0.15) is 12.8 Å². The van der Waals surface area contributed by atoms with Gasteiger partial charge in [-0.05, 0) is 12.8 Å². The lowest BCUT2D eigenvalue weighted by Gasteiger charge is -2.18. The molecule has 0 atom stereocenters. The third kappa shape index (κ3) is 3.64. The number of rotatable bonds is 4. The summed E-state index contributed by atoms with van der Waals surface area (Å²) in [5, 5.41) is 11.0. The maximum Gasteiger partial charge on any atom is 0.422 e. The molecule has 116 valence electrons. The summed E-state index contributed by atoms with van der Waals surface area (Å²) < 4.78 is 41.0. The zero-order chi connectivity index (χ0) is 15.6. The number of nitrogen functional groups attached to an aromatic ring is 1. The van der Waals surface area contributed by atoms with Crippen LogP contribution in [0, 0.1) is 10.1 Å². The van der Waals surface area contributed by atoms with E-state index < -0.39 is 23.6 Å². The van der Waals surface area contributed by atoms with Gasteiger partial charge in [0.05, 0.1) is 4.92 Å². The first-order valence-corrected chi connectivity index (χ1v) is 6.17. The first-order chi connectivity index (χ1) is 9.78. The Hall–Kier alpha value is -2.26. The molecule has 0 unspecified atom stereocenters. The van der Waals surface area contributed by atoms with Crippen molar-refractivity contribution in [1.82, 2.24) is 4.98 Å². The third-order valence-electron chi connectivity index (χ3n) is 2.95. The predicted octanol–water partition coefficient (Wildman–Crippen LogP) is 2.11. The molecule has 0 amide bonds. The SMILES string of the molecule is Nc1cc([N+](=O)[O-])c(N2CCCC2)nc1OCC(F)(F)F. The fourth-order valence-electron chi connectivity index (χ4n) is 2.05. The number of nitrogens with zero attached hydrogens (tertiary/aromatic N) is 3. The lowest BCUT2D eigenvalue weighted by Crippen LogP contribution is -2.23. The van der Waals surface area contributed by atoms with Crippen LogP contribution in [0.5, 0.6) is 5.88 Å². The first kappa shape index (κ1) is 15.1. The van der Waals surface area contributed by atoms with Crippen molar-refractivity contribution in [3.05, 3.63) is 16.2 Å². The van der Waals surface area contributed by atoms with E-state index >= 15 is 0 Å². The number of hydrogen-bond acceptors (Lipinski definition) is 6. The van der Waals surface area contributed by atoms with Crippen LogP contribution < -0.4 is 15.4 Å². The monoisotopic (exact) mass is 306 g/mol. The molecule has 1 aromatic rings. The Balaban J connectivity index is 2.34. The van der Waals surface area contributed by atoms with Crippen molar-refractivity contribution < 1.29 is 22.8 Å². The number of alkyl halides is 3. The topological polar surface area (TPSA) is 94.5 Å². The van der Waals surface area contributed by atoms with E-state index in [2.05, 4.69) is 9.72 Å². The standard InChI is InChI=1S/C11H13F3N4O3/c12-11(13,14)6-21-10-7(15)5-8(18(19)20)9(16-10)17-3-1-2-4-17/h5H,1-4,6,15H2. The van der Waals surface area contributed by atoms with E-state index in [4.69, 9.17) is 5.73 Å². The molecule has 0 aromatic carbocycles. The van der Waals surface area contributed by atoms with Crippen LogP contribution in [0.3, 0.4) is 0 Å². The summed E-state index contributed by atoms with van der Waals surface area (Å²) in [6.45, 7) is -0.450. The highest BCUT2D eigenvalue weighted by Gasteiger charge is 2.31. The molecule has 1 aliphatic heterocycles. The summed E-state index contributed by atoms with van der Waals surface area (Å²) in [7, 11) is 0. The van der Waals surface area contributed by atoms with Gasteiger partial charge in [0, 0.05) is 19.2 Å². The molecule has 1 saturated heterocycles. The van der Waals surface area contributed by atoms with Gasteiger partial charge in [0.15, 0.2) is 6.61 Å².